The Morgan fingerprint density at radius 3 is 2.45 bits per heavy atom. The SMILES string of the molecule is CCCNC1CCC(CCC)CC1N(C)CC1CC1C. The van der Waals surface area contributed by atoms with Crippen LogP contribution in [-0.2, 0) is 0 Å². The topological polar surface area (TPSA) is 15.3 Å². The molecule has 2 aliphatic rings. The van der Waals surface area contributed by atoms with Crippen LogP contribution in [-0.4, -0.2) is 37.1 Å². The van der Waals surface area contributed by atoms with Gasteiger partial charge in [-0.1, -0.05) is 33.6 Å². The lowest BCUT2D eigenvalue weighted by atomic mass is 9.79. The van der Waals surface area contributed by atoms with Gasteiger partial charge in [-0.2, -0.15) is 0 Å². The van der Waals surface area contributed by atoms with Gasteiger partial charge >= 0.3 is 0 Å². The van der Waals surface area contributed by atoms with Crippen molar-refractivity contribution in [2.24, 2.45) is 17.8 Å². The Morgan fingerprint density at radius 2 is 1.85 bits per heavy atom. The molecule has 2 nitrogen and oxygen atoms in total. The maximum Gasteiger partial charge on any atom is 0.0249 e. The first kappa shape index (κ1) is 16.3. The summed E-state index contributed by atoms with van der Waals surface area (Å²) in [6, 6.07) is 1.52. The summed E-state index contributed by atoms with van der Waals surface area (Å²) in [5, 5.41) is 3.83. The first-order chi connectivity index (χ1) is 9.65. The lowest BCUT2D eigenvalue weighted by molar-refractivity contribution is 0.111. The quantitative estimate of drug-likeness (QED) is 0.725. The predicted octanol–water partition coefficient (Wildman–Crippen LogP) is 3.91. The summed E-state index contributed by atoms with van der Waals surface area (Å²) in [4.78, 5) is 2.70. The van der Waals surface area contributed by atoms with E-state index in [4.69, 9.17) is 0 Å². The van der Waals surface area contributed by atoms with Crippen molar-refractivity contribution in [3.05, 3.63) is 0 Å². The molecule has 5 atom stereocenters. The highest BCUT2D eigenvalue weighted by molar-refractivity contribution is 4.93. The zero-order chi connectivity index (χ0) is 14.5. The highest BCUT2D eigenvalue weighted by atomic mass is 15.2. The van der Waals surface area contributed by atoms with Crippen molar-refractivity contribution in [3.63, 3.8) is 0 Å². The van der Waals surface area contributed by atoms with Gasteiger partial charge in [0.15, 0.2) is 0 Å². The van der Waals surface area contributed by atoms with Crippen LogP contribution < -0.4 is 5.32 Å². The summed E-state index contributed by atoms with van der Waals surface area (Å²) in [5.74, 6) is 2.94. The second kappa shape index (κ2) is 7.79. The zero-order valence-electron chi connectivity index (χ0n) is 14.2. The standard InChI is InChI=1S/C18H36N2/c1-5-7-15-8-9-17(19-10-6-2)18(12-15)20(4)13-16-11-14(16)3/h14-19H,5-13H2,1-4H3. The van der Waals surface area contributed by atoms with Crippen molar-refractivity contribution in [1.82, 2.24) is 10.2 Å². The van der Waals surface area contributed by atoms with E-state index in [1.807, 2.05) is 0 Å². The number of likely N-dealkylation sites (N-methyl/N-ethyl adjacent to an activating group) is 1. The molecule has 0 spiro atoms. The number of nitrogens with zero attached hydrogens (tertiary/aromatic N) is 1. The van der Waals surface area contributed by atoms with E-state index in [2.05, 4.69) is 38.0 Å². The second-order valence-electron chi connectivity index (χ2n) is 7.51. The molecule has 0 heterocycles. The van der Waals surface area contributed by atoms with Gasteiger partial charge in [0.05, 0.1) is 0 Å². The molecule has 0 radical (unpaired) electrons. The van der Waals surface area contributed by atoms with Gasteiger partial charge < -0.3 is 10.2 Å². The lowest BCUT2D eigenvalue weighted by Gasteiger charge is -2.42. The maximum atomic E-state index is 3.83. The van der Waals surface area contributed by atoms with E-state index < -0.39 is 0 Å². The summed E-state index contributed by atoms with van der Waals surface area (Å²) in [7, 11) is 2.38. The molecular formula is C18H36N2. The van der Waals surface area contributed by atoms with E-state index in [1.54, 1.807) is 0 Å². The Kier molecular flexibility index (Phi) is 6.35. The lowest BCUT2D eigenvalue weighted by Crippen LogP contribution is -2.52. The van der Waals surface area contributed by atoms with E-state index >= 15 is 0 Å². The predicted molar refractivity (Wildman–Crippen MR) is 88.0 cm³/mol. The van der Waals surface area contributed by atoms with Crippen LogP contribution in [0.3, 0.4) is 0 Å². The monoisotopic (exact) mass is 280 g/mol. The Bertz CT molecular complexity index is 279. The van der Waals surface area contributed by atoms with E-state index in [-0.39, 0.29) is 0 Å². The normalized spacial score (nSPS) is 37.4. The Balaban J connectivity index is 1.89. The first-order valence-electron chi connectivity index (χ1n) is 9.09. The van der Waals surface area contributed by atoms with Crippen LogP contribution in [0.25, 0.3) is 0 Å². The van der Waals surface area contributed by atoms with Crippen molar-refractivity contribution in [2.45, 2.75) is 77.8 Å². The molecule has 2 aliphatic carbocycles. The van der Waals surface area contributed by atoms with Gasteiger partial charge in [-0.05, 0) is 63.5 Å². The molecule has 0 aromatic carbocycles. The summed E-state index contributed by atoms with van der Waals surface area (Å²) in [6.07, 6.45) is 9.76. The molecule has 2 saturated carbocycles. The average Bonchev–Trinajstić information content (AvgIpc) is 3.12. The summed E-state index contributed by atoms with van der Waals surface area (Å²) >= 11 is 0. The summed E-state index contributed by atoms with van der Waals surface area (Å²) in [5.41, 5.74) is 0. The molecule has 5 unspecified atom stereocenters. The minimum absolute atomic E-state index is 0.738. The van der Waals surface area contributed by atoms with Crippen LogP contribution in [0.5, 0.6) is 0 Å². The van der Waals surface area contributed by atoms with Gasteiger partial charge in [0, 0.05) is 18.6 Å². The number of nitrogens with one attached hydrogen (secondary N) is 1. The van der Waals surface area contributed by atoms with E-state index in [1.165, 1.54) is 58.0 Å². The van der Waals surface area contributed by atoms with Gasteiger partial charge in [-0.25, -0.2) is 0 Å². The van der Waals surface area contributed by atoms with Crippen molar-refractivity contribution >= 4 is 0 Å². The molecule has 0 saturated heterocycles. The van der Waals surface area contributed by atoms with Gasteiger partial charge in [0.25, 0.3) is 0 Å². The summed E-state index contributed by atoms with van der Waals surface area (Å²) in [6.45, 7) is 9.54. The molecule has 118 valence electrons. The van der Waals surface area contributed by atoms with Crippen LogP contribution in [0.4, 0.5) is 0 Å². The zero-order valence-corrected chi connectivity index (χ0v) is 14.2. The van der Waals surface area contributed by atoms with Crippen molar-refractivity contribution in [1.29, 1.82) is 0 Å². The van der Waals surface area contributed by atoms with E-state index in [0.29, 0.717) is 0 Å². The minimum atomic E-state index is 0.738. The third kappa shape index (κ3) is 4.46. The van der Waals surface area contributed by atoms with Crippen LogP contribution in [0.1, 0.15) is 65.7 Å². The Labute approximate surface area is 126 Å². The van der Waals surface area contributed by atoms with Gasteiger partial charge in [0.2, 0.25) is 0 Å². The molecule has 2 rings (SSSR count). The highest BCUT2D eigenvalue weighted by Gasteiger charge is 2.37. The van der Waals surface area contributed by atoms with E-state index in [9.17, 15) is 0 Å². The van der Waals surface area contributed by atoms with Crippen molar-refractivity contribution in [2.75, 3.05) is 20.1 Å². The van der Waals surface area contributed by atoms with E-state index in [0.717, 1.165) is 29.8 Å². The molecule has 20 heavy (non-hydrogen) atoms. The molecule has 2 heteroatoms. The summed E-state index contributed by atoms with van der Waals surface area (Å²) < 4.78 is 0. The Hall–Kier alpha value is -0.0800. The third-order valence-corrected chi connectivity index (χ3v) is 5.64. The second-order valence-corrected chi connectivity index (χ2v) is 7.51. The van der Waals surface area contributed by atoms with Crippen molar-refractivity contribution < 1.29 is 0 Å². The van der Waals surface area contributed by atoms with Crippen LogP contribution in [0.15, 0.2) is 0 Å². The molecule has 0 aromatic rings. The number of rotatable bonds is 8. The van der Waals surface area contributed by atoms with Crippen LogP contribution >= 0.6 is 0 Å². The minimum Gasteiger partial charge on any atom is -0.312 e. The molecule has 0 aromatic heterocycles. The maximum absolute atomic E-state index is 3.83. The van der Waals surface area contributed by atoms with Crippen molar-refractivity contribution in [3.8, 4) is 0 Å². The number of hydrogen-bond acceptors (Lipinski definition) is 2. The molecule has 0 bridgehead atoms. The smallest absolute Gasteiger partial charge is 0.0249 e. The van der Waals surface area contributed by atoms with Crippen LogP contribution in [0.2, 0.25) is 0 Å². The fourth-order valence-electron chi connectivity index (χ4n) is 4.12. The van der Waals surface area contributed by atoms with Crippen LogP contribution in [0, 0.1) is 17.8 Å². The Morgan fingerprint density at radius 1 is 1.10 bits per heavy atom. The molecular weight excluding hydrogens is 244 g/mol. The largest absolute Gasteiger partial charge is 0.312 e. The van der Waals surface area contributed by atoms with Gasteiger partial charge in [0.1, 0.15) is 0 Å². The third-order valence-electron chi connectivity index (χ3n) is 5.64. The average molecular weight is 280 g/mol. The fraction of sp³-hybridized carbons (Fsp3) is 1.00. The molecule has 1 N–H and O–H groups in total. The molecule has 0 amide bonds. The van der Waals surface area contributed by atoms with Gasteiger partial charge in [-0.15, -0.1) is 0 Å². The number of hydrogen-bond donors (Lipinski definition) is 1. The fourth-order valence-corrected chi connectivity index (χ4v) is 4.12. The first-order valence-corrected chi connectivity index (χ1v) is 9.09. The van der Waals surface area contributed by atoms with Gasteiger partial charge in [-0.3, -0.25) is 0 Å². The molecule has 2 fully saturated rings. The molecule has 0 aliphatic heterocycles. The highest BCUT2D eigenvalue weighted by Crippen LogP contribution is 2.39.